The Hall–Kier alpha value is -2.10. The van der Waals surface area contributed by atoms with E-state index < -0.39 is 0 Å². The fourth-order valence-electron chi connectivity index (χ4n) is 2.72. The maximum atomic E-state index is 5.97. The smallest absolute Gasteiger partial charge is 0.120 e. The second kappa shape index (κ2) is 8.13. The normalized spacial score (nSPS) is 12.1. The maximum absolute atomic E-state index is 5.97. The first kappa shape index (κ1) is 16.7. The maximum Gasteiger partial charge on any atom is 0.120 e. The van der Waals surface area contributed by atoms with Gasteiger partial charge in [-0.25, -0.2) is 0 Å². The van der Waals surface area contributed by atoms with Crippen LogP contribution < -0.4 is 10.5 Å². The summed E-state index contributed by atoms with van der Waals surface area (Å²) in [7, 11) is 0. The highest BCUT2D eigenvalue weighted by Gasteiger charge is 2.12. The Bertz CT molecular complexity index is 750. The van der Waals surface area contributed by atoms with Crippen LogP contribution in [0.2, 0.25) is 0 Å². The SMILES string of the molecule is Cc1ccc(COc2cccc(CC(CN)c3cccs3)c2)cc1. The molecule has 3 rings (SSSR count). The summed E-state index contributed by atoms with van der Waals surface area (Å²) in [5.41, 5.74) is 9.69. The van der Waals surface area contributed by atoms with E-state index in [-0.39, 0.29) is 0 Å². The average Bonchev–Trinajstić information content (AvgIpc) is 3.14. The Balaban J connectivity index is 1.64. The number of nitrogens with two attached hydrogens (primary N) is 1. The first-order valence-electron chi connectivity index (χ1n) is 8.25. The molecule has 24 heavy (non-hydrogen) atoms. The van der Waals surface area contributed by atoms with E-state index in [4.69, 9.17) is 10.5 Å². The summed E-state index contributed by atoms with van der Waals surface area (Å²) in [4.78, 5) is 1.35. The molecule has 1 aromatic heterocycles. The zero-order valence-electron chi connectivity index (χ0n) is 13.9. The van der Waals surface area contributed by atoms with Crippen molar-refractivity contribution in [3.63, 3.8) is 0 Å². The van der Waals surface area contributed by atoms with Gasteiger partial charge in [0.05, 0.1) is 0 Å². The zero-order chi connectivity index (χ0) is 16.8. The minimum atomic E-state index is 0.373. The van der Waals surface area contributed by atoms with Gasteiger partial charge in [0.25, 0.3) is 0 Å². The highest BCUT2D eigenvalue weighted by molar-refractivity contribution is 7.10. The van der Waals surface area contributed by atoms with Gasteiger partial charge in [0, 0.05) is 17.3 Å². The monoisotopic (exact) mass is 337 g/mol. The number of hydrogen-bond acceptors (Lipinski definition) is 3. The molecule has 2 nitrogen and oxygen atoms in total. The molecule has 0 spiro atoms. The quantitative estimate of drug-likeness (QED) is 0.664. The molecule has 0 saturated heterocycles. The topological polar surface area (TPSA) is 35.2 Å². The highest BCUT2D eigenvalue weighted by Crippen LogP contribution is 2.26. The number of benzene rings is 2. The molecule has 1 unspecified atom stereocenters. The fraction of sp³-hybridized carbons (Fsp3) is 0.238. The predicted molar refractivity (Wildman–Crippen MR) is 102 cm³/mol. The molecule has 2 aromatic carbocycles. The average molecular weight is 337 g/mol. The molecule has 0 aliphatic heterocycles. The lowest BCUT2D eigenvalue weighted by atomic mass is 9.98. The van der Waals surface area contributed by atoms with Gasteiger partial charge in [0.15, 0.2) is 0 Å². The van der Waals surface area contributed by atoms with E-state index in [2.05, 4.69) is 66.9 Å². The van der Waals surface area contributed by atoms with Gasteiger partial charge in [-0.2, -0.15) is 0 Å². The van der Waals surface area contributed by atoms with Crippen LogP contribution in [0.5, 0.6) is 5.75 Å². The van der Waals surface area contributed by atoms with Gasteiger partial charge in [-0.05, 0) is 48.1 Å². The van der Waals surface area contributed by atoms with Crippen molar-refractivity contribution in [2.24, 2.45) is 5.73 Å². The molecule has 0 amide bonds. The molecule has 0 radical (unpaired) electrons. The van der Waals surface area contributed by atoms with E-state index in [9.17, 15) is 0 Å². The van der Waals surface area contributed by atoms with Crippen molar-refractivity contribution in [1.82, 2.24) is 0 Å². The van der Waals surface area contributed by atoms with Crippen LogP contribution in [0.15, 0.2) is 66.0 Å². The molecule has 0 aliphatic rings. The Morgan fingerprint density at radius 1 is 1.00 bits per heavy atom. The molecule has 2 N–H and O–H groups in total. The van der Waals surface area contributed by atoms with Crippen LogP contribution in [0, 0.1) is 6.92 Å². The highest BCUT2D eigenvalue weighted by atomic mass is 32.1. The first-order valence-corrected chi connectivity index (χ1v) is 9.13. The summed E-state index contributed by atoms with van der Waals surface area (Å²) in [6.45, 7) is 3.35. The summed E-state index contributed by atoms with van der Waals surface area (Å²) in [5, 5.41) is 2.11. The van der Waals surface area contributed by atoms with Crippen LogP contribution in [0.3, 0.4) is 0 Å². The van der Waals surface area contributed by atoms with E-state index >= 15 is 0 Å². The Kier molecular flexibility index (Phi) is 5.68. The summed E-state index contributed by atoms with van der Waals surface area (Å²) >= 11 is 1.78. The van der Waals surface area contributed by atoms with Gasteiger partial charge in [-0.15, -0.1) is 11.3 Å². The lowest BCUT2D eigenvalue weighted by Gasteiger charge is -2.14. The van der Waals surface area contributed by atoms with Gasteiger partial charge in [-0.3, -0.25) is 0 Å². The molecular weight excluding hydrogens is 314 g/mol. The molecule has 0 aliphatic carbocycles. The summed E-state index contributed by atoms with van der Waals surface area (Å²) in [5.74, 6) is 1.28. The molecule has 1 atom stereocenters. The van der Waals surface area contributed by atoms with Crippen molar-refractivity contribution in [1.29, 1.82) is 0 Å². The Morgan fingerprint density at radius 2 is 1.83 bits per heavy atom. The van der Waals surface area contributed by atoms with Gasteiger partial charge in [0.2, 0.25) is 0 Å². The third kappa shape index (κ3) is 4.47. The van der Waals surface area contributed by atoms with Crippen LogP contribution in [0.4, 0.5) is 0 Å². The van der Waals surface area contributed by atoms with E-state index in [1.807, 2.05) is 6.07 Å². The second-order valence-electron chi connectivity index (χ2n) is 6.07. The third-order valence-corrected chi connectivity index (χ3v) is 5.17. The van der Waals surface area contributed by atoms with Crippen LogP contribution in [0.1, 0.15) is 27.5 Å². The van der Waals surface area contributed by atoms with Crippen LogP contribution in [0.25, 0.3) is 0 Å². The van der Waals surface area contributed by atoms with Gasteiger partial charge in [0.1, 0.15) is 12.4 Å². The third-order valence-electron chi connectivity index (χ3n) is 4.14. The van der Waals surface area contributed by atoms with Crippen LogP contribution in [-0.4, -0.2) is 6.54 Å². The van der Waals surface area contributed by atoms with Gasteiger partial charge in [-0.1, -0.05) is 48.0 Å². The molecule has 3 aromatic rings. The zero-order valence-corrected chi connectivity index (χ0v) is 14.8. The first-order chi connectivity index (χ1) is 11.7. The largest absolute Gasteiger partial charge is 0.489 e. The summed E-state index contributed by atoms with van der Waals surface area (Å²) in [6.07, 6.45) is 0.943. The standard InChI is InChI=1S/C21H23NOS/c1-16-7-9-17(10-8-16)15-23-20-5-2-4-18(13-20)12-19(14-22)21-6-3-11-24-21/h2-11,13,19H,12,14-15,22H2,1H3. The minimum absolute atomic E-state index is 0.373. The van der Waals surface area contributed by atoms with E-state index in [1.165, 1.54) is 21.6 Å². The molecule has 3 heteroatoms. The van der Waals surface area contributed by atoms with Crippen LogP contribution >= 0.6 is 11.3 Å². The van der Waals surface area contributed by atoms with Gasteiger partial charge >= 0.3 is 0 Å². The van der Waals surface area contributed by atoms with E-state index in [1.54, 1.807) is 11.3 Å². The number of ether oxygens (including phenoxy) is 1. The number of hydrogen-bond donors (Lipinski definition) is 1. The predicted octanol–water partition coefficient (Wildman–Crippen LogP) is 4.92. The Labute approximate surface area is 147 Å². The van der Waals surface area contributed by atoms with Crippen molar-refractivity contribution in [3.8, 4) is 5.75 Å². The molecule has 0 saturated carbocycles. The summed E-state index contributed by atoms with van der Waals surface area (Å²) < 4.78 is 5.95. The number of rotatable bonds is 7. The molecule has 0 bridgehead atoms. The fourth-order valence-corrected chi connectivity index (χ4v) is 3.56. The van der Waals surface area contributed by atoms with Crippen molar-refractivity contribution in [2.45, 2.75) is 25.9 Å². The molecular formula is C21H23NOS. The molecule has 1 heterocycles. The Morgan fingerprint density at radius 3 is 2.54 bits per heavy atom. The molecule has 0 fully saturated rings. The van der Waals surface area contributed by atoms with Crippen molar-refractivity contribution in [2.75, 3.05) is 6.54 Å². The number of aryl methyl sites for hydroxylation is 1. The van der Waals surface area contributed by atoms with Crippen molar-refractivity contribution < 1.29 is 4.74 Å². The van der Waals surface area contributed by atoms with Crippen LogP contribution in [-0.2, 0) is 13.0 Å². The molecule has 124 valence electrons. The number of thiophene rings is 1. The second-order valence-corrected chi connectivity index (χ2v) is 7.05. The lowest BCUT2D eigenvalue weighted by Crippen LogP contribution is -2.13. The lowest BCUT2D eigenvalue weighted by molar-refractivity contribution is 0.306. The van der Waals surface area contributed by atoms with Crippen molar-refractivity contribution in [3.05, 3.63) is 87.6 Å². The van der Waals surface area contributed by atoms with E-state index in [0.29, 0.717) is 19.1 Å². The van der Waals surface area contributed by atoms with Crippen molar-refractivity contribution >= 4 is 11.3 Å². The van der Waals surface area contributed by atoms with E-state index in [0.717, 1.165) is 12.2 Å². The summed E-state index contributed by atoms with van der Waals surface area (Å²) in [6, 6.07) is 21.1. The minimum Gasteiger partial charge on any atom is -0.489 e. The van der Waals surface area contributed by atoms with Gasteiger partial charge < -0.3 is 10.5 Å².